The maximum Gasteiger partial charge on any atom is 0.303 e. The third-order valence-corrected chi connectivity index (χ3v) is 7.86. The van der Waals surface area contributed by atoms with Crippen LogP contribution < -0.4 is 0 Å². The van der Waals surface area contributed by atoms with Gasteiger partial charge in [-0.15, -0.1) is 0 Å². The first-order chi connectivity index (χ1) is 18.8. The minimum absolute atomic E-state index is 0.0174. The second-order valence-electron chi connectivity index (χ2n) is 10.4. The van der Waals surface area contributed by atoms with Crippen LogP contribution in [0.5, 0.6) is 0 Å². The Hall–Kier alpha value is -3.81. The van der Waals surface area contributed by atoms with Gasteiger partial charge in [0, 0.05) is 22.6 Å². The molecule has 1 N–H and O–H groups in total. The van der Waals surface area contributed by atoms with Crippen molar-refractivity contribution in [2.75, 3.05) is 13.1 Å². The van der Waals surface area contributed by atoms with Gasteiger partial charge in [-0.25, -0.2) is 9.97 Å². The number of hydrogen-bond acceptors (Lipinski definition) is 5. The van der Waals surface area contributed by atoms with E-state index < -0.39 is 11.6 Å². The van der Waals surface area contributed by atoms with Gasteiger partial charge in [-0.3, -0.25) is 9.59 Å². The molecule has 7 nitrogen and oxygen atoms in total. The molecule has 198 valence electrons. The van der Waals surface area contributed by atoms with E-state index in [4.69, 9.17) is 31.4 Å². The van der Waals surface area contributed by atoms with Gasteiger partial charge in [0.2, 0.25) is 0 Å². The van der Waals surface area contributed by atoms with E-state index in [1.807, 2.05) is 35.2 Å². The van der Waals surface area contributed by atoms with Crippen molar-refractivity contribution in [2.45, 2.75) is 44.3 Å². The lowest BCUT2D eigenvalue weighted by molar-refractivity contribution is -0.137. The van der Waals surface area contributed by atoms with Crippen LogP contribution in [0, 0.1) is 6.92 Å². The molecule has 1 amide bonds. The number of carbonyl (C=O) groups excluding carboxylic acids is 1. The minimum Gasteiger partial charge on any atom is -0.481 e. The molecular weight excluding hydrogens is 514 g/mol. The molecule has 2 saturated heterocycles. The summed E-state index contributed by atoms with van der Waals surface area (Å²) < 4.78 is 6.03. The van der Waals surface area contributed by atoms with Gasteiger partial charge >= 0.3 is 5.97 Å². The van der Waals surface area contributed by atoms with Crippen molar-refractivity contribution in [1.82, 2.24) is 14.9 Å². The van der Waals surface area contributed by atoms with Crippen LogP contribution in [-0.2, 0) is 21.6 Å². The molecule has 0 bridgehead atoms. The SMILES string of the molecule is Cc1ccc(C23CN(C(=O)c4ccc5nc(-c6ccc(Cl)cc6)c(CCCCC(=O)O)nc5c4)CC2O3)cc1. The predicted molar refractivity (Wildman–Crippen MR) is 149 cm³/mol. The van der Waals surface area contributed by atoms with Crippen molar-refractivity contribution in [3.8, 4) is 11.3 Å². The van der Waals surface area contributed by atoms with Crippen molar-refractivity contribution in [2.24, 2.45) is 0 Å². The number of epoxide rings is 1. The van der Waals surface area contributed by atoms with E-state index in [1.54, 1.807) is 12.1 Å². The molecule has 0 radical (unpaired) electrons. The van der Waals surface area contributed by atoms with Gasteiger partial charge in [-0.05, 0) is 62.1 Å². The third-order valence-electron chi connectivity index (χ3n) is 7.61. The molecule has 3 aromatic carbocycles. The lowest BCUT2D eigenvalue weighted by atomic mass is 9.97. The number of carboxylic acids is 1. The monoisotopic (exact) mass is 541 g/mol. The average Bonchev–Trinajstić information content (AvgIpc) is 3.50. The molecule has 1 aromatic heterocycles. The molecule has 2 unspecified atom stereocenters. The summed E-state index contributed by atoms with van der Waals surface area (Å²) in [6.07, 6.45) is 1.93. The van der Waals surface area contributed by atoms with Gasteiger partial charge < -0.3 is 14.7 Å². The molecule has 2 fully saturated rings. The lowest BCUT2D eigenvalue weighted by Gasteiger charge is -2.21. The topological polar surface area (TPSA) is 95.9 Å². The van der Waals surface area contributed by atoms with Gasteiger partial charge in [0.15, 0.2) is 0 Å². The highest BCUT2D eigenvalue weighted by molar-refractivity contribution is 6.30. The van der Waals surface area contributed by atoms with Crippen LogP contribution >= 0.6 is 11.6 Å². The Morgan fingerprint density at radius 1 is 1.03 bits per heavy atom. The number of amides is 1. The number of ether oxygens (including phenoxy) is 1. The van der Waals surface area contributed by atoms with Crippen LogP contribution in [0.2, 0.25) is 5.02 Å². The van der Waals surface area contributed by atoms with Crippen molar-refractivity contribution >= 4 is 34.5 Å². The van der Waals surface area contributed by atoms with Gasteiger partial charge in [0.1, 0.15) is 11.7 Å². The van der Waals surface area contributed by atoms with Crippen LogP contribution in [0.25, 0.3) is 22.3 Å². The molecule has 8 heteroatoms. The number of carbonyl (C=O) groups is 2. The number of carboxylic acid groups (broad SMARTS) is 1. The first kappa shape index (κ1) is 25.5. The number of unbranched alkanes of at least 4 members (excludes halogenated alkanes) is 1. The zero-order valence-corrected chi connectivity index (χ0v) is 22.3. The van der Waals surface area contributed by atoms with E-state index in [1.165, 1.54) is 5.56 Å². The molecule has 39 heavy (non-hydrogen) atoms. The largest absolute Gasteiger partial charge is 0.481 e. The summed E-state index contributed by atoms with van der Waals surface area (Å²) in [5.41, 5.74) is 6.19. The van der Waals surface area contributed by atoms with Crippen molar-refractivity contribution in [3.63, 3.8) is 0 Å². The molecule has 4 aromatic rings. The van der Waals surface area contributed by atoms with Crippen molar-refractivity contribution in [3.05, 3.63) is 94.1 Å². The van der Waals surface area contributed by atoms with E-state index in [-0.39, 0.29) is 18.4 Å². The molecule has 0 aliphatic carbocycles. The molecule has 0 spiro atoms. The maximum absolute atomic E-state index is 13.5. The zero-order chi connectivity index (χ0) is 27.1. The number of rotatable bonds is 8. The standard InChI is InChI=1S/C31H28ClN3O4/c1-19-6-11-22(12-7-19)31-18-35(17-27(31)39-31)30(38)21-10-15-24-26(16-21)33-25(4-2-3-5-28(36)37)29(34-24)20-8-13-23(32)14-9-20/h6-16,27H,2-5,17-18H2,1H3,(H,36,37). The number of fused-ring (bicyclic) bond motifs is 2. The number of nitrogens with zero attached hydrogens (tertiary/aromatic N) is 3. The number of morpholine rings is 1. The number of halogens is 1. The van der Waals surface area contributed by atoms with Crippen LogP contribution in [0.3, 0.4) is 0 Å². The fraction of sp³-hybridized carbons (Fsp3) is 0.290. The van der Waals surface area contributed by atoms with Crippen molar-refractivity contribution < 1.29 is 19.4 Å². The lowest BCUT2D eigenvalue weighted by Crippen LogP contribution is -2.33. The Balaban J connectivity index is 1.27. The number of benzene rings is 3. The summed E-state index contributed by atoms with van der Waals surface area (Å²) in [6, 6.07) is 21.2. The second kappa shape index (κ2) is 10.1. The summed E-state index contributed by atoms with van der Waals surface area (Å²) in [7, 11) is 0. The fourth-order valence-corrected chi connectivity index (χ4v) is 5.54. The van der Waals surface area contributed by atoms with E-state index in [0.717, 1.165) is 22.5 Å². The number of aryl methyl sites for hydroxylation is 2. The van der Waals surface area contributed by atoms with Gasteiger partial charge in [0.25, 0.3) is 5.91 Å². The normalized spacial score (nSPS) is 19.7. The minimum atomic E-state index is -0.810. The second-order valence-corrected chi connectivity index (χ2v) is 10.8. The van der Waals surface area contributed by atoms with E-state index >= 15 is 0 Å². The number of aromatic nitrogens is 2. The van der Waals surface area contributed by atoms with Gasteiger partial charge in [-0.1, -0.05) is 53.6 Å². The number of likely N-dealkylation sites (tertiary alicyclic amines) is 1. The molecular formula is C31H28ClN3O4. The summed E-state index contributed by atoms with van der Waals surface area (Å²) in [5, 5.41) is 9.64. The Morgan fingerprint density at radius 3 is 2.54 bits per heavy atom. The van der Waals surface area contributed by atoms with E-state index in [0.29, 0.717) is 54.0 Å². The van der Waals surface area contributed by atoms with Crippen LogP contribution in [0.4, 0.5) is 0 Å². The summed E-state index contributed by atoms with van der Waals surface area (Å²) in [6.45, 7) is 3.13. The van der Waals surface area contributed by atoms with E-state index in [9.17, 15) is 9.59 Å². The van der Waals surface area contributed by atoms with Crippen LogP contribution in [-0.4, -0.2) is 51.0 Å². The number of aliphatic carboxylic acids is 1. The molecule has 0 saturated carbocycles. The highest BCUT2D eigenvalue weighted by atomic mass is 35.5. The smallest absolute Gasteiger partial charge is 0.303 e. The van der Waals surface area contributed by atoms with Crippen LogP contribution in [0.1, 0.15) is 46.4 Å². The van der Waals surface area contributed by atoms with Gasteiger partial charge in [0.05, 0.1) is 35.5 Å². The Kier molecular flexibility index (Phi) is 6.57. The van der Waals surface area contributed by atoms with E-state index in [2.05, 4.69) is 31.2 Å². The maximum atomic E-state index is 13.5. The molecule has 2 aliphatic heterocycles. The van der Waals surface area contributed by atoms with Gasteiger partial charge in [-0.2, -0.15) is 0 Å². The summed E-state index contributed by atoms with van der Waals surface area (Å²) in [4.78, 5) is 36.2. The highest BCUT2D eigenvalue weighted by Crippen LogP contribution is 2.51. The Morgan fingerprint density at radius 2 is 1.79 bits per heavy atom. The number of hydrogen-bond donors (Lipinski definition) is 1. The van der Waals surface area contributed by atoms with Crippen molar-refractivity contribution in [1.29, 1.82) is 0 Å². The van der Waals surface area contributed by atoms with Crippen LogP contribution in [0.15, 0.2) is 66.7 Å². The Labute approximate surface area is 231 Å². The molecule has 2 atom stereocenters. The molecule has 3 heterocycles. The predicted octanol–water partition coefficient (Wildman–Crippen LogP) is 5.81. The quantitative estimate of drug-likeness (QED) is 0.223. The first-order valence-electron chi connectivity index (χ1n) is 13.1. The highest BCUT2D eigenvalue weighted by Gasteiger charge is 2.64. The zero-order valence-electron chi connectivity index (χ0n) is 21.6. The molecule has 2 aliphatic rings. The summed E-state index contributed by atoms with van der Waals surface area (Å²) in [5.74, 6) is -0.861. The summed E-state index contributed by atoms with van der Waals surface area (Å²) >= 11 is 6.09. The average molecular weight is 542 g/mol. The third kappa shape index (κ3) is 5.00. The molecule has 6 rings (SSSR count). The first-order valence-corrected chi connectivity index (χ1v) is 13.5. The Bertz CT molecular complexity index is 1570. The fourth-order valence-electron chi connectivity index (χ4n) is 5.42.